The van der Waals surface area contributed by atoms with Gasteiger partial charge in [-0.25, -0.2) is 4.57 Å². The molecule has 0 amide bonds. The third-order valence-corrected chi connectivity index (χ3v) is 7.94. The zero-order valence-electron chi connectivity index (χ0n) is 29.0. The van der Waals surface area contributed by atoms with Gasteiger partial charge in [0.1, 0.15) is 6.61 Å². The van der Waals surface area contributed by atoms with Crippen LogP contribution in [0.25, 0.3) is 0 Å². The molecule has 1 unspecified atom stereocenters. The van der Waals surface area contributed by atoms with Gasteiger partial charge < -0.3 is 24.4 Å². The minimum atomic E-state index is -4.77. The number of phosphoric acid groups is 1. The quantitative estimate of drug-likeness (QED) is 0.0216. The monoisotopic (exact) mass is 672 g/mol. The molecule has 0 radical (unpaired) electrons. The Hall–Kier alpha value is -1.77. The Morgan fingerprint density at radius 3 is 1.80 bits per heavy atom. The van der Waals surface area contributed by atoms with Gasteiger partial charge >= 0.3 is 19.8 Å². The molecular weight excluding hydrogens is 607 g/mol. The Labute approximate surface area is 279 Å². The molecule has 0 fully saturated rings. The molecule has 0 aliphatic rings. The van der Waals surface area contributed by atoms with Crippen LogP contribution in [0.3, 0.4) is 0 Å². The van der Waals surface area contributed by atoms with Crippen LogP contribution in [0.15, 0.2) is 36.5 Å². The van der Waals surface area contributed by atoms with Crippen LogP contribution >= 0.6 is 7.82 Å². The number of hydrogen-bond donors (Lipinski definition) is 3. The summed E-state index contributed by atoms with van der Waals surface area (Å²) >= 11 is 0. The highest BCUT2D eigenvalue weighted by Gasteiger charge is 2.22. The number of rotatable bonds is 31. The standard InChI is InChI=1S/C36H65O9P/c1-4-5-6-7-11-16-21-26-33(37)27-22-17-14-19-24-29-36(39)45-34(31-44-46(40,41)42)30-43-35(38)28-23-18-13-10-8-9-12-15-20-25-32(2)3/h5-6,11,16,21,26,32-34,37H,4,7-10,12-15,17-20,22-25,27-31H2,1-3H3,(H2,40,41,42)/b6-5+,16-11+,26-21+/t33?,34-/m1/s1. The molecule has 0 aliphatic carbocycles. The highest BCUT2D eigenvalue weighted by molar-refractivity contribution is 7.46. The summed E-state index contributed by atoms with van der Waals surface area (Å²) in [6.45, 7) is 5.74. The van der Waals surface area contributed by atoms with Crippen molar-refractivity contribution in [1.29, 1.82) is 0 Å². The average molecular weight is 673 g/mol. The predicted octanol–water partition coefficient (Wildman–Crippen LogP) is 9.06. The molecule has 0 rings (SSSR count). The topological polar surface area (TPSA) is 140 Å². The Bertz CT molecular complexity index is 879. The Balaban J connectivity index is 4.10. The van der Waals surface area contributed by atoms with Gasteiger partial charge in [0, 0.05) is 12.8 Å². The van der Waals surface area contributed by atoms with Gasteiger partial charge in [0.25, 0.3) is 0 Å². The first kappa shape index (κ1) is 44.2. The van der Waals surface area contributed by atoms with Crippen LogP contribution in [0.4, 0.5) is 0 Å². The van der Waals surface area contributed by atoms with Crippen molar-refractivity contribution >= 4 is 19.8 Å². The van der Waals surface area contributed by atoms with E-state index < -0.39 is 38.6 Å². The van der Waals surface area contributed by atoms with Gasteiger partial charge in [-0.15, -0.1) is 0 Å². The van der Waals surface area contributed by atoms with E-state index in [9.17, 15) is 19.3 Å². The lowest BCUT2D eigenvalue weighted by atomic mass is 10.0. The first-order chi connectivity index (χ1) is 22.0. The van der Waals surface area contributed by atoms with Crippen molar-refractivity contribution in [2.75, 3.05) is 13.2 Å². The van der Waals surface area contributed by atoms with E-state index in [4.69, 9.17) is 19.3 Å². The minimum Gasteiger partial charge on any atom is -0.462 e. The maximum atomic E-state index is 12.3. The molecule has 10 heteroatoms. The minimum absolute atomic E-state index is 0.142. The van der Waals surface area contributed by atoms with Gasteiger partial charge in [-0.1, -0.05) is 141 Å². The third kappa shape index (κ3) is 33.6. The van der Waals surface area contributed by atoms with E-state index in [-0.39, 0.29) is 19.4 Å². The average Bonchev–Trinajstić information content (AvgIpc) is 2.99. The molecule has 0 heterocycles. The molecule has 2 atom stereocenters. The van der Waals surface area contributed by atoms with Gasteiger partial charge in [-0.3, -0.25) is 14.1 Å². The van der Waals surface area contributed by atoms with Crippen LogP contribution in [-0.4, -0.2) is 52.3 Å². The van der Waals surface area contributed by atoms with Crippen LogP contribution < -0.4 is 0 Å². The van der Waals surface area contributed by atoms with E-state index in [2.05, 4.69) is 37.4 Å². The predicted molar refractivity (Wildman–Crippen MR) is 185 cm³/mol. The number of unbranched alkanes of at least 4 members (excludes halogenated alkanes) is 12. The second-order valence-electron chi connectivity index (χ2n) is 12.5. The number of carbonyl (C=O) groups is 2. The van der Waals surface area contributed by atoms with Crippen molar-refractivity contribution in [2.45, 2.75) is 161 Å². The molecule has 0 aromatic heterocycles. The van der Waals surface area contributed by atoms with E-state index in [1.54, 1.807) is 6.08 Å². The Morgan fingerprint density at radius 1 is 0.696 bits per heavy atom. The molecule has 9 nitrogen and oxygen atoms in total. The van der Waals surface area contributed by atoms with E-state index in [1.165, 1.54) is 38.5 Å². The first-order valence-electron chi connectivity index (χ1n) is 17.7. The van der Waals surface area contributed by atoms with Gasteiger partial charge in [-0.2, -0.15) is 0 Å². The van der Waals surface area contributed by atoms with Crippen molar-refractivity contribution < 1.29 is 43.0 Å². The van der Waals surface area contributed by atoms with Gasteiger partial charge in [0.15, 0.2) is 6.10 Å². The number of aliphatic hydroxyl groups excluding tert-OH is 1. The molecule has 268 valence electrons. The van der Waals surface area contributed by atoms with E-state index >= 15 is 0 Å². The second-order valence-corrected chi connectivity index (χ2v) is 13.7. The zero-order chi connectivity index (χ0) is 34.3. The first-order valence-corrected chi connectivity index (χ1v) is 19.3. The van der Waals surface area contributed by atoms with Crippen LogP contribution in [0.2, 0.25) is 0 Å². The molecule has 0 aromatic carbocycles. The van der Waals surface area contributed by atoms with E-state index in [0.29, 0.717) is 19.3 Å². The molecule has 0 saturated heterocycles. The number of aliphatic hydroxyl groups is 1. The maximum Gasteiger partial charge on any atom is 0.469 e. The normalized spacial score (nSPS) is 13.7. The molecule has 0 saturated carbocycles. The fourth-order valence-corrected chi connectivity index (χ4v) is 5.16. The summed E-state index contributed by atoms with van der Waals surface area (Å²) in [6.07, 6.45) is 29.0. The zero-order valence-corrected chi connectivity index (χ0v) is 29.9. The summed E-state index contributed by atoms with van der Waals surface area (Å²) in [5.41, 5.74) is 0. The third-order valence-electron chi connectivity index (χ3n) is 7.46. The molecule has 0 spiro atoms. The molecule has 46 heavy (non-hydrogen) atoms. The van der Waals surface area contributed by atoms with Crippen molar-refractivity contribution in [1.82, 2.24) is 0 Å². The summed E-state index contributed by atoms with van der Waals surface area (Å²) in [7, 11) is -4.77. The number of allylic oxidation sites excluding steroid dienone is 5. The molecule has 0 aromatic rings. The summed E-state index contributed by atoms with van der Waals surface area (Å²) < 4.78 is 26.2. The number of ether oxygens (including phenoxy) is 2. The van der Waals surface area contributed by atoms with Crippen molar-refractivity contribution in [2.24, 2.45) is 5.92 Å². The summed E-state index contributed by atoms with van der Waals surface area (Å²) in [4.78, 5) is 42.6. The fraction of sp³-hybridized carbons (Fsp3) is 0.778. The second kappa shape index (κ2) is 30.6. The van der Waals surface area contributed by atoms with Crippen molar-refractivity contribution in [3.8, 4) is 0 Å². The number of carbonyl (C=O) groups excluding carboxylic acids is 2. The lowest BCUT2D eigenvalue weighted by Gasteiger charge is -2.18. The molecule has 3 N–H and O–H groups in total. The van der Waals surface area contributed by atoms with Gasteiger partial charge in [-0.05, 0) is 38.0 Å². The number of hydrogen-bond acceptors (Lipinski definition) is 7. The molecule has 0 aliphatic heterocycles. The Morgan fingerprint density at radius 2 is 1.24 bits per heavy atom. The smallest absolute Gasteiger partial charge is 0.462 e. The number of esters is 2. The van der Waals surface area contributed by atoms with E-state index in [1.807, 2.05) is 18.2 Å². The van der Waals surface area contributed by atoms with Crippen LogP contribution in [0.1, 0.15) is 149 Å². The van der Waals surface area contributed by atoms with Gasteiger partial charge in [0.2, 0.25) is 0 Å². The summed E-state index contributed by atoms with van der Waals surface area (Å²) in [5.74, 6) is -0.183. The van der Waals surface area contributed by atoms with Crippen molar-refractivity contribution in [3.63, 3.8) is 0 Å². The largest absolute Gasteiger partial charge is 0.469 e. The Kier molecular flexibility index (Phi) is 29.4. The highest BCUT2D eigenvalue weighted by Crippen LogP contribution is 2.36. The highest BCUT2D eigenvalue weighted by atomic mass is 31.2. The maximum absolute atomic E-state index is 12.3. The van der Waals surface area contributed by atoms with Gasteiger partial charge in [0.05, 0.1) is 12.7 Å². The van der Waals surface area contributed by atoms with Crippen LogP contribution in [0, 0.1) is 5.92 Å². The SMILES string of the molecule is CC/C=C/C/C=C/C=C/C(O)CCCCCCCC(=O)O[C@H](COC(=O)CCCCCCCCCCCC(C)C)COP(=O)(O)O. The fourth-order valence-electron chi connectivity index (χ4n) is 4.80. The molecular formula is C36H65O9P. The van der Waals surface area contributed by atoms with E-state index in [0.717, 1.165) is 63.7 Å². The van der Waals surface area contributed by atoms with Crippen LogP contribution in [0.5, 0.6) is 0 Å². The lowest BCUT2D eigenvalue weighted by molar-refractivity contribution is -0.161. The summed E-state index contributed by atoms with van der Waals surface area (Å²) in [5, 5.41) is 10.1. The summed E-state index contributed by atoms with van der Waals surface area (Å²) in [6, 6.07) is 0. The number of phosphoric ester groups is 1. The lowest BCUT2D eigenvalue weighted by Crippen LogP contribution is -2.29. The van der Waals surface area contributed by atoms with Crippen molar-refractivity contribution in [3.05, 3.63) is 36.5 Å². The molecule has 0 bridgehead atoms. The van der Waals surface area contributed by atoms with Crippen LogP contribution in [-0.2, 0) is 28.2 Å².